The van der Waals surface area contributed by atoms with Crippen molar-refractivity contribution in [2.45, 2.75) is 20.0 Å². The fourth-order valence-corrected chi connectivity index (χ4v) is 0.859. The van der Waals surface area contributed by atoms with Gasteiger partial charge in [-0.05, 0) is 6.92 Å². The molecule has 3 nitrogen and oxygen atoms in total. The van der Waals surface area contributed by atoms with Crippen LogP contribution in [0.1, 0.15) is 13.8 Å². The van der Waals surface area contributed by atoms with E-state index in [1.54, 1.807) is 7.11 Å². The number of nitriles is 1. The molecule has 2 unspecified atom stereocenters. The molecular weight excluding hydrogens is 142 g/mol. The second-order valence-corrected chi connectivity index (χ2v) is 2.44. The summed E-state index contributed by atoms with van der Waals surface area (Å²) in [5, 5.41) is 8.62. The molecule has 0 saturated heterocycles. The number of methoxy groups -OCH3 is 1. The van der Waals surface area contributed by atoms with E-state index < -0.39 is 0 Å². The SMILES string of the molecule is CCOC(C#N)C(C)COC. The number of ether oxygens (including phenoxy) is 2. The lowest BCUT2D eigenvalue weighted by atomic mass is 10.1. The van der Waals surface area contributed by atoms with Crippen LogP contribution in [0.3, 0.4) is 0 Å². The molecule has 11 heavy (non-hydrogen) atoms. The molecule has 0 bridgehead atoms. The third-order valence-electron chi connectivity index (χ3n) is 1.42. The molecule has 0 saturated carbocycles. The molecule has 0 radical (unpaired) electrons. The van der Waals surface area contributed by atoms with Crippen LogP contribution in [0.4, 0.5) is 0 Å². The molecule has 0 rings (SSSR count). The lowest BCUT2D eigenvalue weighted by molar-refractivity contribution is 0.0307. The Hall–Kier alpha value is -0.590. The molecule has 2 atom stereocenters. The summed E-state index contributed by atoms with van der Waals surface area (Å²) in [7, 11) is 1.62. The molecule has 0 aromatic heterocycles. The van der Waals surface area contributed by atoms with Crippen LogP contribution in [0.15, 0.2) is 0 Å². The average molecular weight is 157 g/mol. The van der Waals surface area contributed by atoms with Crippen molar-refractivity contribution < 1.29 is 9.47 Å². The lowest BCUT2D eigenvalue weighted by Gasteiger charge is -2.15. The maximum Gasteiger partial charge on any atom is 0.148 e. The van der Waals surface area contributed by atoms with Gasteiger partial charge < -0.3 is 9.47 Å². The van der Waals surface area contributed by atoms with Crippen molar-refractivity contribution in [2.75, 3.05) is 20.3 Å². The summed E-state index contributed by atoms with van der Waals surface area (Å²) in [6, 6.07) is 2.09. The van der Waals surface area contributed by atoms with E-state index in [1.165, 1.54) is 0 Å². The van der Waals surface area contributed by atoms with Gasteiger partial charge in [-0.25, -0.2) is 0 Å². The second-order valence-electron chi connectivity index (χ2n) is 2.44. The van der Waals surface area contributed by atoms with Crippen molar-refractivity contribution in [3.8, 4) is 6.07 Å². The van der Waals surface area contributed by atoms with Crippen LogP contribution in [-0.2, 0) is 9.47 Å². The van der Waals surface area contributed by atoms with E-state index in [9.17, 15) is 0 Å². The van der Waals surface area contributed by atoms with Gasteiger partial charge in [0.25, 0.3) is 0 Å². The normalized spacial score (nSPS) is 15.5. The Morgan fingerprint density at radius 1 is 1.55 bits per heavy atom. The van der Waals surface area contributed by atoms with Gasteiger partial charge in [0, 0.05) is 19.6 Å². The maximum absolute atomic E-state index is 8.62. The molecule has 0 aliphatic heterocycles. The van der Waals surface area contributed by atoms with Gasteiger partial charge in [-0.1, -0.05) is 6.92 Å². The third-order valence-corrected chi connectivity index (χ3v) is 1.42. The first-order chi connectivity index (χ1) is 5.26. The van der Waals surface area contributed by atoms with Crippen molar-refractivity contribution in [1.29, 1.82) is 5.26 Å². The predicted molar refractivity (Wildman–Crippen MR) is 42.1 cm³/mol. The Bertz CT molecular complexity index is 131. The van der Waals surface area contributed by atoms with E-state index in [0.29, 0.717) is 13.2 Å². The fraction of sp³-hybridized carbons (Fsp3) is 0.875. The first-order valence-corrected chi connectivity index (χ1v) is 3.76. The van der Waals surface area contributed by atoms with Crippen LogP contribution in [-0.4, -0.2) is 26.4 Å². The molecule has 0 amide bonds. The van der Waals surface area contributed by atoms with E-state index >= 15 is 0 Å². The fourth-order valence-electron chi connectivity index (χ4n) is 0.859. The molecule has 0 fully saturated rings. The molecular formula is C8H15NO2. The van der Waals surface area contributed by atoms with E-state index in [2.05, 4.69) is 6.07 Å². The number of hydrogen-bond acceptors (Lipinski definition) is 3. The summed E-state index contributed by atoms with van der Waals surface area (Å²) < 4.78 is 10.1. The molecule has 64 valence electrons. The van der Waals surface area contributed by atoms with Gasteiger partial charge in [-0.3, -0.25) is 0 Å². The van der Waals surface area contributed by atoms with E-state index in [4.69, 9.17) is 14.7 Å². The molecule has 0 spiro atoms. The van der Waals surface area contributed by atoms with Gasteiger partial charge >= 0.3 is 0 Å². The van der Waals surface area contributed by atoms with E-state index in [0.717, 1.165) is 0 Å². The minimum atomic E-state index is -0.333. The first-order valence-electron chi connectivity index (χ1n) is 3.76. The molecule has 0 N–H and O–H groups in total. The minimum Gasteiger partial charge on any atom is -0.384 e. The van der Waals surface area contributed by atoms with Gasteiger partial charge in [-0.15, -0.1) is 0 Å². The lowest BCUT2D eigenvalue weighted by Crippen LogP contribution is -2.23. The summed E-state index contributed by atoms with van der Waals surface area (Å²) in [4.78, 5) is 0. The van der Waals surface area contributed by atoms with E-state index in [1.807, 2.05) is 13.8 Å². The summed E-state index contributed by atoms with van der Waals surface area (Å²) in [5.74, 6) is 0.143. The predicted octanol–water partition coefficient (Wildman–Crippen LogP) is 1.20. The summed E-state index contributed by atoms with van der Waals surface area (Å²) in [6.45, 7) is 4.96. The monoisotopic (exact) mass is 157 g/mol. The van der Waals surface area contributed by atoms with Crippen LogP contribution in [0.25, 0.3) is 0 Å². The number of rotatable bonds is 5. The highest BCUT2D eigenvalue weighted by Crippen LogP contribution is 2.06. The van der Waals surface area contributed by atoms with E-state index in [-0.39, 0.29) is 12.0 Å². The Labute approximate surface area is 67.9 Å². The van der Waals surface area contributed by atoms with Crippen LogP contribution in [0.5, 0.6) is 0 Å². The van der Waals surface area contributed by atoms with Crippen molar-refractivity contribution in [1.82, 2.24) is 0 Å². The summed E-state index contributed by atoms with van der Waals surface area (Å²) in [6.07, 6.45) is -0.333. The second kappa shape index (κ2) is 6.14. The highest BCUT2D eigenvalue weighted by molar-refractivity contribution is 4.87. The summed E-state index contributed by atoms with van der Waals surface area (Å²) in [5.41, 5.74) is 0. The van der Waals surface area contributed by atoms with Gasteiger partial charge in [0.15, 0.2) is 0 Å². The quantitative estimate of drug-likeness (QED) is 0.602. The van der Waals surface area contributed by atoms with Gasteiger partial charge in [0.2, 0.25) is 0 Å². The van der Waals surface area contributed by atoms with Crippen molar-refractivity contribution >= 4 is 0 Å². The van der Waals surface area contributed by atoms with Crippen LogP contribution < -0.4 is 0 Å². The van der Waals surface area contributed by atoms with Crippen LogP contribution in [0, 0.1) is 17.2 Å². The molecule has 0 aromatic carbocycles. The Balaban J connectivity index is 3.73. The van der Waals surface area contributed by atoms with Gasteiger partial charge in [-0.2, -0.15) is 5.26 Å². The Morgan fingerprint density at radius 2 is 2.18 bits per heavy atom. The molecule has 0 aliphatic carbocycles. The highest BCUT2D eigenvalue weighted by Gasteiger charge is 2.15. The standard InChI is InChI=1S/C8H15NO2/c1-4-11-8(5-9)7(2)6-10-3/h7-8H,4,6H2,1-3H3. The third kappa shape index (κ3) is 3.97. The van der Waals surface area contributed by atoms with Gasteiger partial charge in [0.05, 0.1) is 12.7 Å². The largest absolute Gasteiger partial charge is 0.384 e. The number of hydrogen-bond donors (Lipinski definition) is 0. The summed E-state index contributed by atoms with van der Waals surface area (Å²) >= 11 is 0. The van der Waals surface area contributed by atoms with Crippen molar-refractivity contribution in [3.05, 3.63) is 0 Å². The smallest absolute Gasteiger partial charge is 0.148 e. The van der Waals surface area contributed by atoms with Crippen molar-refractivity contribution in [3.63, 3.8) is 0 Å². The highest BCUT2D eigenvalue weighted by atomic mass is 16.5. The molecule has 3 heteroatoms. The average Bonchev–Trinajstić information content (AvgIpc) is 2.00. The molecule has 0 aliphatic rings. The molecule has 0 aromatic rings. The van der Waals surface area contributed by atoms with Crippen LogP contribution >= 0.6 is 0 Å². The van der Waals surface area contributed by atoms with Crippen LogP contribution in [0.2, 0.25) is 0 Å². The minimum absolute atomic E-state index is 0.143. The topological polar surface area (TPSA) is 42.2 Å². The van der Waals surface area contributed by atoms with Crippen molar-refractivity contribution in [2.24, 2.45) is 5.92 Å². The zero-order valence-electron chi connectivity index (χ0n) is 7.33. The maximum atomic E-state index is 8.62. The Morgan fingerprint density at radius 3 is 2.55 bits per heavy atom. The zero-order chi connectivity index (χ0) is 8.69. The first kappa shape index (κ1) is 10.4. The zero-order valence-corrected chi connectivity index (χ0v) is 7.33. The van der Waals surface area contributed by atoms with Gasteiger partial charge in [0.1, 0.15) is 6.10 Å². The number of nitrogens with zero attached hydrogens (tertiary/aromatic N) is 1. The Kier molecular flexibility index (Phi) is 5.81. The molecule has 0 heterocycles.